The summed E-state index contributed by atoms with van der Waals surface area (Å²) in [5.74, 6) is 1.04. The monoisotopic (exact) mass is 266 g/mol. The van der Waals surface area contributed by atoms with Crippen LogP contribution in [0.15, 0.2) is 29.9 Å². The standard InChI is InChI=1S/C13H18N2O2S/c1-16-9-10-17-8-3-6-15-7-5-14-13(15)12-4-2-11-18-12/h2,4-5,7,11H,3,6,8-10H2,1H3. The van der Waals surface area contributed by atoms with Crippen molar-refractivity contribution in [2.75, 3.05) is 26.9 Å². The van der Waals surface area contributed by atoms with Gasteiger partial charge in [0.05, 0.1) is 18.1 Å². The largest absolute Gasteiger partial charge is 0.382 e. The lowest BCUT2D eigenvalue weighted by atomic mass is 10.4. The van der Waals surface area contributed by atoms with Gasteiger partial charge in [0.2, 0.25) is 0 Å². The Kier molecular flexibility index (Phi) is 5.38. The highest BCUT2D eigenvalue weighted by Crippen LogP contribution is 2.22. The Hall–Kier alpha value is -1.17. The number of ether oxygens (including phenoxy) is 2. The van der Waals surface area contributed by atoms with Crippen LogP contribution in [0.1, 0.15) is 6.42 Å². The Balaban J connectivity index is 1.78. The number of hydrogen-bond acceptors (Lipinski definition) is 4. The number of aromatic nitrogens is 2. The molecule has 2 rings (SSSR count). The van der Waals surface area contributed by atoms with Gasteiger partial charge in [0.25, 0.3) is 0 Å². The molecule has 0 atom stereocenters. The smallest absolute Gasteiger partial charge is 0.149 e. The van der Waals surface area contributed by atoms with Crippen molar-refractivity contribution >= 4 is 11.3 Å². The van der Waals surface area contributed by atoms with E-state index in [9.17, 15) is 0 Å². The van der Waals surface area contributed by atoms with Crippen LogP contribution in [0, 0.1) is 0 Å². The molecule has 0 unspecified atom stereocenters. The molecule has 2 aromatic rings. The summed E-state index contributed by atoms with van der Waals surface area (Å²) in [6.45, 7) is 3.01. The highest BCUT2D eigenvalue weighted by molar-refractivity contribution is 7.13. The topological polar surface area (TPSA) is 36.3 Å². The molecule has 0 aliphatic heterocycles. The second-order valence-corrected chi connectivity index (χ2v) is 4.83. The second kappa shape index (κ2) is 7.31. The third-order valence-corrected chi connectivity index (χ3v) is 3.44. The number of imidazole rings is 1. The van der Waals surface area contributed by atoms with Crippen molar-refractivity contribution in [3.63, 3.8) is 0 Å². The van der Waals surface area contributed by atoms with Crippen LogP contribution >= 0.6 is 11.3 Å². The van der Waals surface area contributed by atoms with Crippen LogP contribution < -0.4 is 0 Å². The number of rotatable bonds is 8. The van der Waals surface area contributed by atoms with E-state index in [1.54, 1.807) is 18.4 Å². The van der Waals surface area contributed by atoms with Crippen molar-refractivity contribution in [1.29, 1.82) is 0 Å². The molecule has 0 amide bonds. The van der Waals surface area contributed by atoms with Crippen LogP contribution in [0.25, 0.3) is 10.7 Å². The van der Waals surface area contributed by atoms with Gasteiger partial charge in [0.1, 0.15) is 5.82 Å². The van der Waals surface area contributed by atoms with Gasteiger partial charge in [0, 0.05) is 32.7 Å². The summed E-state index contributed by atoms with van der Waals surface area (Å²) in [5, 5.41) is 2.07. The lowest BCUT2D eigenvalue weighted by molar-refractivity contribution is 0.0680. The van der Waals surface area contributed by atoms with E-state index >= 15 is 0 Å². The zero-order chi connectivity index (χ0) is 12.6. The fraction of sp³-hybridized carbons (Fsp3) is 0.462. The zero-order valence-corrected chi connectivity index (χ0v) is 11.4. The van der Waals surface area contributed by atoms with Gasteiger partial charge in [-0.3, -0.25) is 0 Å². The van der Waals surface area contributed by atoms with Crippen molar-refractivity contribution in [1.82, 2.24) is 9.55 Å². The van der Waals surface area contributed by atoms with E-state index in [1.807, 2.05) is 18.5 Å². The fourth-order valence-corrected chi connectivity index (χ4v) is 2.44. The van der Waals surface area contributed by atoms with E-state index in [2.05, 4.69) is 21.0 Å². The minimum absolute atomic E-state index is 0.658. The lowest BCUT2D eigenvalue weighted by Gasteiger charge is -2.07. The molecule has 0 radical (unpaired) electrons. The first-order chi connectivity index (χ1) is 8.92. The van der Waals surface area contributed by atoms with Crippen LogP contribution in [0.5, 0.6) is 0 Å². The van der Waals surface area contributed by atoms with Crippen LogP contribution in [0.3, 0.4) is 0 Å². The van der Waals surface area contributed by atoms with Crippen LogP contribution in [-0.2, 0) is 16.0 Å². The van der Waals surface area contributed by atoms with Gasteiger partial charge in [0.15, 0.2) is 0 Å². The minimum Gasteiger partial charge on any atom is -0.382 e. The van der Waals surface area contributed by atoms with Crippen molar-refractivity contribution < 1.29 is 9.47 Å². The zero-order valence-electron chi connectivity index (χ0n) is 10.5. The average Bonchev–Trinajstić information content (AvgIpc) is 3.03. The molecule has 5 heteroatoms. The normalized spacial score (nSPS) is 10.9. The summed E-state index contributed by atoms with van der Waals surface area (Å²) in [6, 6.07) is 4.14. The molecule has 0 N–H and O–H groups in total. The SMILES string of the molecule is COCCOCCCn1ccnc1-c1cccs1. The number of nitrogens with zero attached hydrogens (tertiary/aromatic N) is 2. The Bertz CT molecular complexity index is 440. The van der Waals surface area contributed by atoms with Crippen molar-refractivity contribution in [2.45, 2.75) is 13.0 Å². The van der Waals surface area contributed by atoms with Crippen LogP contribution in [0.2, 0.25) is 0 Å². The Morgan fingerprint density at radius 2 is 2.28 bits per heavy atom. The molecule has 0 saturated carbocycles. The summed E-state index contributed by atoms with van der Waals surface area (Å²) in [4.78, 5) is 5.61. The number of thiophene rings is 1. The summed E-state index contributed by atoms with van der Waals surface area (Å²) in [5.41, 5.74) is 0. The predicted octanol–water partition coefficient (Wildman–Crippen LogP) is 2.66. The molecular formula is C13H18N2O2S. The first-order valence-electron chi connectivity index (χ1n) is 6.03. The van der Waals surface area contributed by atoms with Gasteiger partial charge >= 0.3 is 0 Å². The second-order valence-electron chi connectivity index (χ2n) is 3.88. The molecule has 2 aromatic heterocycles. The van der Waals surface area contributed by atoms with Gasteiger partial charge < -0.3 is 14.0 Å². The predicted molar refractivity (Wildman–Crippen MR) is 72.9 cm³/mol. The number of aryl methyl sites for hydroxylation is 1. The van der Waals surface area contributed by atoms with Crippen molar-refractivity contribution in [3.8, 4) is 10.7 Å². The lowest BCUT2D eigenvalue weighted by Crippen LogP contribution is -2.06. The molecule has 0 fully saturated rings. The minimum atomic E-state index is 0.658. The van der Waals surface area contributed by atoms with E-state index < -0.39 is 0 Å². The highest BCUT2D eigenvalue weighted by atomic mass is 32.1. The number of methoxy groups -OCH3 is 1. The number of hydrogen-bond donors (Lipinski definition) is 0. The first-order valence-corrected chi connectivity index (χ1v) is 6.91. The maximum atomic E-state index is 5.45. The Labute approximate surface area is 111 Å². The molecule has 0 aliphatic rings. The van der Waals surface area contributed by atoms with Crippen molar-refractivity contribution in [3.05, 3.63) is 29.9 Å². The maximum Gasteiger partial charge on any atom is 0.149 e. The van der Waals surface area contributed by atoms with Gasteiger partial charge in [-0.2, -0.15) is 0 Å². The molecule has 0 aliphatic carbocycles. The van der Waals surface area contributed by atoms with Gasteiger partial charge in [-0.25, -0.2) is 4.98 Å². The van der Waals surface area contributed by atoms with E-state index in [-0.39, 0.29) is 0 Å². The van der Waals surface area contributed by atoms with Crippen molar-refractivity contribution in [2.24, 2.45) is 0 Å². The van der Waals surface area contributed by atoms with Crippen LogP contribution in [0.4, 0.5) is 0 Å². The molecule has 4 nitrogen and oxygen atoms in total. The summed E-state index contributed by atoms with van der Waals surface area (Å²) < 4.78 is 12.5. The summed E-state index contributed by atoms with van der Waals surface area (Å²) >= 11 is 1.71. The third kappa shape index (κ3) is 3.66. The molecule has 0 aromatic carbocycles. The maximum absolute atomic E-state index is 5.45. The molecule has 98 valence electrons. The first kappa shape index (κ1) is 13.3. The molecule has 2 heterocycles. The highest BCUT2D eigenvalue weighted by Gasteiger charge is 2.05. The van der Waals surface area contributed by atoms with E-state index in [0.29, 0.717) is 13.2 Å². The van der Waals surface area contributed by atoms with Crippen LogP contribution in [-0.4, -0.2) is 36.5 Å². The molecule has 0 saturated heterocycles. The average molecular weight is 266 g/mol. The van der Waals surface area contributed by atoms with E-state index in [0.717, 1.165) is 25.4 Å². The Morgan fingerprint density at radius 3 is 3.06 bits per heavy atom. The van der Waals surface area contributed by atoms with E-state index in [1.165, 1.54) is 4.88 Å². The summed E-state index contributed by atoms with van der Waals surface area (Å²) in [6.07, 6.45) is 4.85. The van der Waals surface area contributed by atoms with Gasteiger partial charge in [-0.1, -0.05) is 6.07 Å². The molecule has 0 bridgehead atoms. The molecule has 18 heavy (non-hydrogen) atoms. The van der Waals surface area contributed by atoms with E-state index in [4.69, 9.17) is 9.47 Å². The van der Waals surface area contributed by atoms with Gasteiger partial charge in [-0.15, -0.1) is 11.3 Å². The third-order valence-electron chi connectivity index (χ3n) is 2.58. The Morgan fingerprint density at radius 1 is 1.33 bits per heavy atom. The molecular weight excluding hydrogens is 248 g/mol. The fourth-order valence-electron chi connectivity index (χ4n) is 1.70. The molecule has 0 spiro atoms. The van der Waals surface area contributed by atoms with Gasteiger partial charge in [-0.05, 0) is 17.9 Å². The summed E-state index contributed by atoms with van der Waals surface area (Å²) in [7, 11) is 1.68. The quantitative estimate of drug-likeness (QED) is 0.689.